The van der Waals surface area contributed by atoms with Gasteiger partial charge in [0.1, 0.15) is 47.9 Å². The average molecular weight is 548 g/mol. The zero-order valence-electron chi connectivity index (χ0n) is 20.7. The molecular weight excluding hydrogens is 524 g/mol. The van der Waals surface area contributed by atoms with Gasteiger partial charge in [0, 0.05) is 23.4 Å². The van der Waals surface area contributed by atoms with E-state index in [2.05, 4.69) is 0 Å². The highest BCUT2D eigenvalue weighted by molar-refractivity contribution is 6.31. The number of carbonyl (C=O) groups excluding carboxylic acids is 2. The third-order valence-electron chi connectivity index (χ3n) is 5.98. The van der Waals surface area contributed by atoms with Crippen LogP contribution in [0, 0.1) is 18.6 Å². The molecule has 0 spiro atoms. The summed E-state index contributed by atoms with van der Waals surface area (Å²) in [6, 6.07) is 9.04. The Morgan fingerprint density at radius 1 is 1.08 bits per heavy atom. The number of aliphatic hydroxyl groups is 2. The summed E-state index contributed by atoms with van der Waals surface area (Å²) in [6.07, 6.45) is 0. The van der Waals surface area contributed by atoms with Crippen LogP contribution in [0.5, 0.6) is 5.75 Å². The number of fused-ring (bicyclic) bond motifs is 1. The summed E-state index contributed by atoms with van der Waals surface area (Å²) in [6.45, 7) is 2.90. The van der Waals surface area contributed by atoms with Crippen molar-refractivity contribution >= 4 is 34.8 Å². The standard InChI is InChI=1S/C26H24ClF2N3O6/c1-14-8-21(38-12-15-4-5-16(28)9-18(15)29)23(27)24(35)32(14)17-6-7-19-20(10-17)31(25(36)26(2,3)37)13-30(19)22(34)11-33/h4-10,33,37H,11-13H2,1-3H3. The van der Waals surface area contributed by atoms with Gasteiger partial charge in [-0.15, -0.1) is 0 Å². The summed E-state index contributed by atoms with van der Waals surface area (Å²) in [5, 5.41) is 19.4. The van der Waals surface area contributed by atoms with Gasteiger partial charge >= 0.3 is 0 Å². The van der Waals surface area contributed by atoms with Crippen LogP contribution < -0.4 is 20.1 Å². The predicted octanol–water partition coefficient (Wildman–Crippen LogP) is 3.06. The van der Waals surface area contributed by atoms with Crippen molar-refractivity contribution in [3.63, 3.8) is 0 Å². The highest BCUT2D eigenvalue weighted by atomic mass is 35.5. The zero-order chi connectivity index (χ0) is 27.9. The Hall–Kier alpha value is -3.80. The molecule has 1 aromatic heterocycles. The summed E-state index contributed by atoms with van der Waals surface area (Å²) in [4.78, 5) is 40.8. The van der Waals surface area contributed by atoms with Crippen LogP contribution in [0.15, 0.2) is 47.3 Å². The van der Waals surface area contributed by atoms with Crippen molar-refractivity contribution in [2.24, 2.45) is 0 Å². The van der Waals surface area contributed by atoms with Crippen LogP contribution in [0.25, 0.3) is 5.69 Å². The normalized spacial score (nSPS) is 13.1. The van der Waals surface area contributed by atoms with E-state index in [-0.39, 0.29) is 35.3 Å². The molecule has 1 aliphatic rings. The van der Waals surface area contributed by atoms with E-state index in [0.717, 1.165) is 12.1 Å². The predicted molar refractivity (Wildman–Crippen MR) is 136 cm³/mol. The first-order valence-corrected chi connectivity index (χ1v) is 11.8. The minimum absolute atomic E-state index is 0.00569. The Morgan fingerprint density at radius 3 is 2.42 bits per heavy atom. The fourth-order valence-electron chi connectivity index (χ4n) is 4.09. The summed E-state index contributed by atoms with van der Waals surface area (Å²) in [5.74, 6) is -2.88. The first kappa shape index (κ1) is 27.2. The highest BCUT2D eigenvalue weighted by Crippen LogP contribution is 2.39. The number of ether oxygens (including phenoxy) is 1. The number of pyridine rings is 1. The fourth-order valence-corrected chi connectivity index (χ4v) is 4.29. The first-order valence-electron chi connectivity index (χ1n) is 11.4. The van der Waals surface area contributed by atoms with Crippen molar-refractivity contribution in [2.75, 3.05) is 23.1 Å². The Labute approximate surface area is 221 Å². The number of amides is 2. The molecule has 2 heterocycles. The SMILES string of the molecule is Cc1cc(OCc2ccc(F)cc2F)c(Cl)c(=O)n1-c1ccc2c(c1)N(C(=O)C(C)(C)O)CN2C(=O)CO. The number of nitrogens with zero attached hydrogens (tertiary/aromatic N) is 3. The molecule has 0 radical (unpaired) electrons. The number of carbonyl (C=O) groups is 2. The van der Waals surface area contributed by atoms with Gasteiger partial charge in [-0.3, -0.25) is 28.8 Å². The van der Waals surface area contributed by atoms with Crippen LogP contribution in [0.3, 0.4) is 0 Å². The number of halogens is 3. The number of hydrogen-bond acceptors (Lipinski definition) is 6. The molecule has 0 saturated carbocycles. The van der Waals surface area contributed by atoms with Gasteiger partial charge in [-0.2, -0.15) is 0 Å². The van der Waals surface area contributed by atoms with E-state index in [9.17, 15) is 33.4 Å². The lowest BCUT2D eigenvalue weighted by Crippen LogP contribution is -2.48. The molecule has 200 valence electrons. The number of aryl methyl sites for hydroxylation is 1. The summed E-state index contributed by atoms with van der Waals surface area (Å²) in [5.41, 5.74) is -1.12. The number of benzene rings is 2. The van der Waals surface area contributed by atoms with Crippen LogP contribution in [-0.4, -0.2) is 45.5 Å². The lowest BCUT2D eigenvalue weighted by Gasteiger charge is -2.25. The number of anilines is 2. The summed E-state index contributed by atoms with van der Waals surface area (Å²) >= 11 is 6.30. The fraction of sp³-hybridized carbons (Fsp3) is 0.269. The number of hydrogen-bond donors (Lipinski definition) is 2. The minimum Gasteiger partial charge on any atom is -0.487 e. The molecule has 2 N–H and O–H groups in total. The van der Waals surface area contributed by atoms with Crippen LogP contribution in [0.4, 0.5) is 20.2 Å². The highest BCUT2D eigenvalue weighted by Gasteiger charge is 2.39. The molecule has 0 atom stereocenters. The zero-order valence-corrected chi connectivity index (χ0v) is 21.4. The van der Waals surface area contributed by atoms with Gasteiger partial charge in [0.15, 0.2) is 0 Å². The number of aromatic nitrogens is 1. The smallest absolute Gasteiger partial charge is 0.277 e. The molecule has 0 bridgehead atoms. The molecule has 38 heavy (non-hydrogen) atoms. The Bertz CT molecular complexity index is 1500. The molecule has 3 aromatic rings. The topological polar surface area (TPSA) is 112 Å². The lowest BCUT2D eigenvalue weighted by atomic mass is 10.1. The van der Waals surface area contributed by atoms with Crippen molar-refractivity contribution in [3.05, 3.63) is 80.7 Å². The Kier molecular flexibility index (Phi) is 7.29. The van der Waals surface area contributed by atoms with Gasteiger partial charge in [-0.1, -0.05) is 11.6 Å². The van der Waals surface area contributed by atoms with Gasteiger partial charge < -0.3 is 14.9 Å². The molecule has 12 heteroatoms. The van der Waals surface area contributed by atoms with Gasteiger partial charge in [0.25, 0.3) is 17.4 Å². The van der Waals surface area contributed by atoms with Crippen molar-refractivity contribution in [1.29, 1.82) is 0 Å². The maximum absolute atomic E-state index is 14.0. The van der Waals surface area contributed by atoms with Gasteiger partial charge in [0.05, 0.1) is 17.1 Å². The quantitative estimate of drug-likeness (QED) is 0.490. The summed E-state index contributed by atoms with van der Waals surface area (Å²) in [7, 11) is 0. The van der Waals surface area contributed by atoms with E-state index in [0.29, 0.717) is 17.1 Å². The maximum atomic E-state index is 14.0. The Morgan fingerprint density at radius 2 is 1.79 bits per heavy atom. The van der Waals surface area contributed by atoms with Gasteiger partial charge in [-0.25, -0.2) is 8.78 Å². The van der Waals surface area contributed by atoms with E-state index in [1.165, 1.54) is 58.5 Å². The largest absolute Gasteiger partial charge is 0.487 e. The first-order chi connectivity index (χ1) is 17.8. The van der Waals surface area contributed by atoms with Crippen LogP contribution in [0.2, 0.25) is 5.02 Å². The van der Waals surface area contributed by atoms with Crippen molar-refractivity contribution in [2.45, 2.75) is 33.0 Å². The van der Waals surface area contributed by atoms with E-state index in [1.54, 1.807) is 6.92 Å². The molecule has 2 amide bonds. The van der Waals surface area contributed by atoms with Crippen LogP contribution >= 0.6 is 11.6 Å². The second kappa shape index (κ2) is 10.2. The van der Waals surface area contributed by atoms with E-state index in [4.69, 9.17) is 16.3 Å². The van der Waals surface area contributed by atoms with Gasteiger partial charge in [0.2, 0.25) is 0 Å². The number of aliphatic hydroxyl groups excluding tert-OH is 1. The van der Waals surface area contributed by atoms with E-state index >= 15 is 0 Å². The van der Waals surface area contributed by atoms with Crippen molar-refractivity contribution < 1.29 is 33.3 Å². The van der Waals surface area contributed by atoms with Crippen LogP contribution in [-0.2, 0) is 16.2 Å². The van der Waals surface area contributed by atoms with E-state index in [1.807, 2.05) is 0 Å². The van der Waals surface area contributed by atoms with E-state index < -0.39 is 41.2 Å². The molecule has 9 nitrogen and oxygen atoms in total. The molecule has 0 unspecified atom stereocenters. The third-order valence-corrected chi connectivity index (χ3v) is 6.33. The minimum atomic E-state index is -1.76. The van der Waals surface area contributed by atoms with Crippen molar-refractivity contribution in [3.8, 4) is 11.4 Å². The number of rotatable bonds is 6. The van der Waals surface area contributed by atoms with Crippen LogP contribution in [0.1, 0.15) is 25.1 Å². The second-order valence-corrected chi connectivity index (χ2v) is 9.59. The molecule has 2 aromatic carbocycles. The van der Waals surface area contributed by atoms with Crippen molar-refractivity contribution in [1.82, 2.24) is 4.57 Å². The third kappa shape index (κ3) is 5.00. The molecular formula is C26H24ClF2N3O6. The molecule has 1 aliphatic heterocycles. The lowest BCUT2D eigenvalue weighted by molar-refractivity contribution is -0.133. The molecule has 0 fully saturated rings. The molecule has 4 rings (SSSR count). The Balaban J connectivity index is 1.73. The second-order valence-electron chi connectivity index (χ2n) is 9.22. The average Bonchev–Trinajstić information content (AvgIpc) is 3.23. The molecule has 0 saturated heterocycles. The monoisotopic (exact) mass is 547 g/mol. The molecule has 0 aliphatic carbocycles. The summed E-state index contributed by atoms with van der Waals surface area (Å²) < 4.78 is 33.9. The van der Waals surface area contributed by atoms with Gasteiger partial charge in [-0.05, 0) is 51.1 Å². The maximum Gasteiger partial charge on any atom is 0.277 e.